The largest absolute Gasteiger partial charge is 0.489 e. The van der Waals surface area contributed by atoms with E-state index in [9.17, 15) is 9.59 Å². The summed E-state index contributed by atoms with van der Waals surface area (Å²) in [7, 11) is 0. The maximum absolute atomic E-state index is 12.2. The van der Waals surface area contributed by atoms with Crippen LogP contribution in [0.5, 0.6) is 5.75 Å². The van der Waals surface area contributed by atoms with Crippen LogP contribution >= 0.6 is 0 Å². The molecule has 0 saturated carbocycles. The molecule has 5 heteroatoms. The number of benzene rings is 2. The van der Waals surface area contributed by atoms with Gasteiger partial charge in [0.25, 0.3) is 0 Å². The molecule has 2 amide bonds. The maximum Gasteiger partial charge on any atom is 0.245 e. The van der Waals surface area contributed by atoms with E-state index in [1.807, 2.05) is 55.5 Å². The van der Waals surface area contributed by atoms with Crippen LogP contribution in [-0.2, 0) is 16.2 Å². The zero-order valence-corrected chi connectivity index (χ0v) is 15.5. The second-order valence-electron chi connectivity index (χ2n) is 6.82. The standard InChI is InChI=1S/C22H24N2O3/c1-3-22(26)24-13-18(14-24)12-21(25)23-20-10-9-19(11-16(20)2)27-15-17-7-5-4-6-8-17/h3-11,18H,1,12-15H2,2H3,(H,23,25). The van der Waals surface area contributed by atoms with Gasteiger partial charge in [0.2, 0.25) is 11.8 Å². The van der Waals surface area contributed by atoms with Crippen molar-refractivity contribution < 1.29 is 14.3 Å². The van der Waals surface area contributed by atoms with E-state index >= 15 is 0 Å². The molecule has 5 nitrogen and oxygen atoms in total. The molecule has 2 aromatic carbocycles. The van der Waals surface area contributed by atoms with Crippen molar-refractivity contribution >= 4 is 17.5 Å². The summed E-state index contributed by atoms with van der Waals surface area (Å²) in [6.07, 6.45) is 1.72. The average molecular weight is 364 g/mol. The predicted molar refractivity (Wildman–Crippen MR) is 105 cm³/mol. The Hall–Kier alpha value is -3.08. The fourth-order valence-corrected chi connectivity index (χ4v) is 3.08. The Morgan fingerprint density at radius 2 is 1.96 bits per heavy atom. The number of nitrogens with zero attached hydrogens (tertiary/aromatic N) is 1. The molecule has 1 aliphatic rings. The molecule has 1 saturated heterocycles. The molecule has 1 N–H and O–H groups in total. The number of anilines is 1. The molecule has 0 aliphatic carbocycles. The lowest BCUT2D eigenvalue weighted by Crippen LogP contribution is -2.50. The maximum atomic E-state index is 12.2. The highest BCUT2D eigenvalue weighted by Gasteiger charge is 2.30. The minimum Gasteiger partial charge on any atom is -0.489 e. The van der Waals surface area contributed by atoms with Crippen LogP contribution in [0, 0.1) is 12.8 Å². The normalized spacial score (nSPS) is 13.6. The third kappa shape index (κ3) is 4.97. The van der Waals surface area contributed by atoms with E-state index in [0.29, 0.717) is 26.1 Å². The Balaban J connectivity index is 1.48. The van der Waals surface area contributed by atoms with Gasteiger partial charge in [0.15, 0.2) is 0 Å². The number of hydrogen-bond acceptors (Lipinski definition) is 3. The van der Waals surface area contributed by atoms with Crippen molar-refractivity contribution in [3.8, 4) is 5.75 Å². The van der Waals surface area contributed by atoms with Gasteiger partial charge in [-0.05, 0) is 42.3 Å². The summed E-state index contributed by atoms with van der Waals surface area (Å²) >= 11 is 0. The van der Waals surface area contributed by atoms with E-state index in [4.69, 9.17) is 4.74 Å². The summed E-state index contributed by atoms with van der Waals surface area (Å²) in [5, 5.41) is 2.95. The minimum absolute atomic E-state index is 0.0354. The molecule has 2 aromatic rings. The minimum atomic E-state index is -0.0754. The third-order valence-electron chi connectivity index (χ3n) is 4.64. The van der Waals surface area contributed by atoms with Crippen LogP contribution in [-0.4, -0.2) is 29.8 Å². The number of ether oxygens (including phenoxy) is 1. The number of likely N-dealkylation sites (tertiary alicyclic amines) is 1. The molecule has 0 radical (unpaired) electrons. The Labute approximate surface area is 159 Å². The first-order valence-electron chi connectivity index (χ1n) is 9.03. The first-order valence-corrected chi connectivity index (χ1v) is 9.03. The monoisotopic (exact) mass is 364 g/mol. The van der Waals surface area contributed by atoms with Gasteiger partial charge >= 0.3 is 0 Å². The van der Waals surface area contributed by atoms with Gasteiger partial charge in [-0.1, -0.05) is 36.9 Å². The van der Waals surface area contributed by atoms with E-state index in [2.05, 4.69) is 11.9 Å². The van der Waals surface area contributed by atoms with Crippen molar-refractivity contribution in [2.24, 2.45) is 5.92 Å². The molecule has 140 valence electrons. The van der Waals surface area contributed by atoms with Crippen molar-refractivity contribution in [3.05, 3.63) is 72.3 Å². The fourth-order valence-electron chi connectivity index (χ4n) is 3.08. The molecule has 0 aromatic heterocycles. The number of amides is 2. The Bertz CT molecular complexity index is 827. The SMILES string of the molecule is C=CC(=O)N1CC(CC(=O)Nc2ccc(OCc3ccccc3)cc2C)C1. The van der Waals surface area contributed by atoms with Crippen LogP contribution in [0.3, 0.4) is 0 Å². The topological polar surface area (TPSA) is 58.6 Å². The highest BCUT2D eigenvalue weighted by Crippen LogP contribution is 2.24. The third-order valence-corrected chi connectivity index (χ3v) is 4.64. The van der Waals surface area contributed by atoms with E-state index in [1.165, 1.54) is 6.08 Å². The van der Waals surface area contributed by atoms with Gasteiger partial charge < -0.3 is 15.0 Å². The number of aryl methyl sites for hydroxylation is 1. The molecule has 0 atom stereocenters. The van der Waals surface area contributed by atoms with Crippen LogP contribution in [0.2, 0.25) is 0 Å². The van der Waals surface area contributed by atoms with Gasteiger partial charge in [-0.3, -0.25) is 9.59 Å². The van der Waals surface area contributed by atoms with Gasteiger partial charge in [0.1, 0.15) is 12.4 Å². The summed E-state index contributed by atoms with van der Waals surface area (Å²) < 4.78 is 5.81. The molecule has 0 spiro atoms. The van der Waals surface area contributed by atoms with E-state index in [0.717, 1.165) is 22.6 Å². The smallest absolute Gasteiger partial charge is 0.245 e. The zero-order chi connectivity index (χ0) is 19.2. The quantitative estimate of drug-likeness (QED) is 0.765. The first kappa shape index (κ1) is 18.7. The lowest BCUT2D eigenvalue weighted by atomic mass is 9.95. The molecular weight excluding hydrogens is 340 g/mol. The summed E-state index contributed by atoms with van der Waals surface area (Å²) in [4.78, 5) is 25.4. The molecule has 1 fully saturated rings. The van der Waals surface area contributed by atoms with Gasteiger partial charge in [0, 0.05) is 31.1 Å². The second kappa shape index (κ2) is 8.54. The van der Waals surface area contributed by atoms with Crippen molar-refractivity contribution in [3.63, 3.8) is 0 Å². The summed E-state index contributed by atoms with van der Waals surface area (Å²) in [5.74, 6) is 0.870. The second-order valence-corrected chi connectivity index (χ2v) is 6.82. The van der Waals surface area contributed by atoms with Crippen molar-refractivity contribution in [1.29, 1.82) is 0 Å². The number of hydrogen-bond donors (Lipinski definition) is 1. The average Bonchev–Trinajstić information content (AvgIpc) is 2.65. The molecule has 0 bridgehead atoms. The van der Waals surface area contributed by atoms with E-state index in [-0.39, 0.29) is 17.7 Å². The molecule has 1 aliphatic heterocycles. The summed E-state index contributed by atoms with van der Waals surface area (Å²) in [5.41, 5.74) is 2.84. The number of carbonyl (C=O) groups is 2. The lowest BCUT2D eigenvalue weighted by Gasteiger charge is -2.38. The van der Waals surface area contributed by atoms with Crippen LogP contribution in [0.4, 0.5) is 5.69 Å². The molecule has 1 heterocycles. The highest BCUT2D eigenvalue weighted by molar-refractivity contribution is 5.92. The number of nitrogens with one attached hydrogen (secondary N) is 1. The first-order chi connectivity index (χ1) is 13.0. The lowest BCUT2D eigenvalue weighted by molar-refractivity contribution is -0.134. The van der Waals surface area contributed by atoms with Gasteiger partial charge in [-0.2, -0.15) is 0 Å². The molecule has 27 heavy (non-hydrogen) atoms. The zero-order valence-electron chi connectivity index (χ0n) is 15.5. The van der Waals surface area contributed by atoms with E-state index < -0.39 is 0 Å². The van der Waals surface area contributed by atoms with Crippen molar-refractivity contribution in [2.75, 3.05) is 18.4 Å². The molecular formula is C22H24N2O3. The van der Waals surface area contributed by atoms with E-state index in [1.54, 1.807) is 4.90 Å². The van der Waals surface area contributed by atoms with Gasteiger partial charge in [0.05, 0.1) is 0 Å². The number of rotatable bonds is 7. The predicted octanol–water partition coefficient (Wildman–Crippen LogP) is 3.55. The molecule has 0 unspecified atom stereocenters. The van der Waals surface area contributed by atoms with Crippen molar-refractivity contribution in [1.82, 2.24) is 4.90 Å². The summed E-state index contributed by atoms with van der Waals surface area (Å²) in [6, 6.07) is 15.6. The summed E-state index contributed by atoms with van der Waals surface area (Å²) in [6.45, 7) is 7.15. The fraction of sp³-hybridized carbons (Fsp3) is 0.273. The highest BCUT2D eigenvalue weighted by atomic mass is 16.5. The Morgan fingerprint density at radius 1 is 1.22 bits per heavy atom. The van der Waals surface area contributed by atoms with Gasteiger partial charge in [-0.25, -0.2) is 0 Å². The van der Waals surface area contributed by atoms with Crippen LogP contribution in [0.15, 0.2) is 61.2 Å². The van der Waals surface area contributed by atoms with Gasteiger partial charge in [-0.15, -0.1) is 0 Å². The molecule has 3 rings (SSSR count). The van der Waals surface area contributed by atoms with Crippen LogP contribution < -0.4 is 10.1 Å². The Kier molecular flexibility index (Phi) is 5.91. The number of carbonyl (C=O) groups excluding carboxylic acids is 2. The van der Waals surface area contributed by atoms with Crippen LogP contribution in [0.1, 0.15) is 17.5 Å². The van der Waals surface area contributed by atoms with Crippen molar-refractivity contribution in [2.45, 2.75) is 20.0 Å². The Morgan fingerprint density at radius 3 is 2.63 bits per heavy atom. The van der Waals surface area contributed by atoms with Crippen LogP contribution in [0.25, 0.3) is 0 Å².